The van der Waals surface area contributed by atoms with E-state index in [0.29, 0.717) is 18.9 Å². The number of nitrogens with two attached hydrogens (primary N) is 1. The van der Waals surface area contributed by atoms with Crippen LogP contribution in [0, 0.1) is 5.92 Å². The zero-order chi connectivity index (χ0) is 13.5. The third-order valence-electron chi connectivity index (χ3n) is 2.76. The van der Waals surface area contributed by atoms with E-state index in [-0.39, 0.29) is 5.97 Å². The number of ether oxygens (including phenoxy) is 1. The lowest BCUT2D eigenvalue weighted by atomic mass is 9.99. The molecule has 0 heterocycles. The molecule has 0 aromatic carbocycles. The van der Waals surface area contributed by atoms with Crippen LogP contribution in [-0.2, 0) is 9.53 Å². The summed E-state index contributed by atoms with van der Waals surface area (Å²) in [6.45, 7) is 13.3. The molecule has 17 heavy (non-hydrogen) atoms. The van der Waals surface area contributed by atoms with Crippen LogP contribution in [0.3, 0.4) is 0 Å². The Morgan fingerprint density at radius 2 is 2.00 bits per heavy atom. The fourth-order valence-corrected chi connectivity index (χ4v) is 1.68. The average Bonchev–Trinajstić information content (AvgIpc) is 2.24. The predicted octanol–water partition coefficient (Wildman–Crippen LogP) is 1.63. The minimum Gasteiger partial charge on any atom is -0.465 e. The Kier molecular flexibility index (Phi) is 7.39. The summed E-state index contributed by atoms with van der Waals surface area (Å²) in [6, 6.07) is 0. The van der Waals surface area contributed by atoms with E-state index in [1.165, 1.54) is 0 Å². The average molecular weight is 244 g/mol. The van der Waals surface area contributed by atoms with Crippen LogP contribution in [0.4, 0.5) is 0 Å². The van der Waals surface area contributed by atoms with Gasteiger partial charge in [-0.15, -0.1) is 0 Å². The lowest BCUT2D eigenvalue weighted by Gasteiger charge is -2.28. The molecule has 0 bridgehead atoms. The predicted molar refractivity (Wildman–Crippen MR) is 70.8 cm³/mol. The Bertz CT molecular complexity index is 227. The smallest absolute Gasteiger partial charge is 0.325 e. The van der Waals surface area contributed by atoms with E-state index in [0.717, 1.165) is 19.6 Å². The Balaban J connectivity index is 4.18. The van der Waals surface area contributed by atoms with Crippen LogP contribution >= 0.6 is 0 Å². The Morgan fingerprint density at radius 3 is 2.41 bits per heavy atom. The van der Waals surface area contributed by atoms with Crippen molar-refractivity contribution < 1.29 is 9.53 Å². The van der Waals surface area contributed by atoms with E-state index in [1.807, 2.05) is 0 Å². The molecule has 0 rings (SSSR count). The van der Waals surface area contributed by atoms with Crippen molar-refractivity contribution in [3.8, 4) is 0 Å². The molecule has 0 aliphatic carbocycles. The molecule has 0 fully saturated rings. The van der Waals surface area contributed by atoms with Gasteiger partial charge in [0.1, 0.15) is 5.54 Å². The highest BCUT2D eigenvalue weighted by molar-refractivity contribution is 5.79. The van der Waals surface area contributed by atoms with Crippen molar-refractivity contribution in [3.05, 3.63) is 0 Å². The Hall–Kier alpha value is -0.610. The second-order valence-electron chi connectivity index (χ2n) is 5.18. The normalized spacial score (nSPS) is 15.1. The molecule has 0 radical (unpaired) electrons. The van der Waals surface area contributed by atoms with Crippen molar-refractivity contribution in [2.45, 2.75) is 46.6 Å². The number of carbonyl (C=O) groups excluding carboxylic acids is 1. The third-order valence-corrected chi connectivity index (χ3v) is 2.76. The molecular weight excluding hydrogens is 216 g/mol. The van der Waals surface area contributed by atoms with Crippen molar-refractivity contribution in [1.82, 2.24) is 4.90 Å². The summed E-state index contributed by atoms with van der Waals surface area (Å²) in [5.41, 5.74) is 5.10. The third kappa shape index (κ3) is 6.64. The van der Waals surface area contributed by atoms with Crippen LogP contribution in [-0.4, -0.2) is 42.6 Å². The Morgan fingerprint density at radius 1 is 1.41 bits per heavy atom. The standard InChI is InChI=1S/C13H28N2O2/c1-6-15(10-11(3)4)9-8-13(5,14)12(16)17-7-2/h11H,6-10,14H2,1-5H3. The molecular formula is C13H28N2O2. The maximum absolute atomic E-state index is 11.6. The molecule has 0 aliphatic heterocycles. The van der Waals surface area contributed by atoms with Gasteiger partial charge in [0.25, 0.3) is 0 Å². The van der Waals surface area contributed by atoms with Gasteiger partial charge in [-0.3, -0.25) is 4.79 Å². The van der Waals surface area contributed by atoms with Crippen LogP contribution < -0.4 is 5.73 Å². The SMILES string of the molecule is CCOC(=O)C(C)(N)CCN(CC)CC(C)C. The maximum atomic E-state index is 11.6. The minimum absolute atomic E-state index is 0.305. The van der Waals surface area contributed by atoms with Crippen LogP contribution in [0.5, 0.6) is 0 Å². The molecule has 0 aliphatic rings. The van der Waals surface area contributed by atoms with Crippen LogP contribution in [0.15, 0.2) is 0 Å². The van der Waals surface area contributed by atoms with E-state index in [9.17, 15) is 4.79 Å². The van der Waals surface area contributed by atoms with Gasteiger partial charge in [0, 0.05) is 13.1 Å². The van der Waals surface area contributed by atoms with Crippen molar-refractivity contribution in [2.75, 3.05) is 26.2 Å². The number of rotatable bonds is 8. The highest BCUT2D eigenvalue weighted by Crippen LogP contribution is 2.10. The lowest BCUT2D eigenvalue weighted by Crippen LogP contribution is -2.48. The van der Waals surface area contributed by atoms with Crippen molar-refractivity contribution in [3.63, 3.8) is 0 Å². The van der Waals surface area contributed by atoms with E-state index < -0.39 is 5.54 Å². The van der Waals surface area contributed by atoms with Gasteiger partial charge in [-0.1, -0.05) is 20.8 Å². The molecule has 0 saturated heterocycles. The molecule has 1 unspecified atom stereocenters. The molecule has 2 N–H and O–H groups in total. The number of esters is 1. The first-order valence-electron chi connectivity index (χ1n) is 6.51. The zero-order valence-electron chi connectivity index (χ0n) is 12.0. The van der Waals surface area contributed by atoms with Crippen LogP contribution in [0.25, 0.3) is 0 Å². The molecule has 0 spiro atoms. The molecule has 0 amide bonds. The number of hydrogen-bond donors (Lipinski definition) is 1. The highest BCUT2D eigenvalue weighted by Gasteiger charge is 2.30. The van der Waals surface area contributed by atoms with Crippen molar-refractivity contribution >= 4 is 5.97 Å². The quantitative estimate of drug-likeness (QED) is 0.659. The monoisotopic (exact) mass is 244 g/mol. The van der Waals surface area contributed by atoms with E-state index in [4.69, 9.17) is 10.5 Å². The summed E-state index contributed by atoms with van der Waals surface area (Å²) >= 11 is 0. The van der Waals surface area contributed by atoms with Gasteiger partial charge in [0.15, 0.2) is 0 Å². The summed E-state index contributed by atoms with van der Waals surface area (Å²) in [4.78, 5) is 13.9. The maximum Gasteiger partial charge on any atom is 0.325 e. The molecule has 0 aromatic rings. The zero-order valence-corrected chi connectivity index (χ0v) is 12.0. The summed E-state index contributed by atoms with van der Waals surface area (Å²) in [6.07, 6.45) is 0.631. The molecule has 102 valence electrons. The lowest BCUT2D eigenvalue weighted by molar-refractivity contribution is -0.149. The van der Waals surface area contributed by atoms with Crippen LogP contribution in [0.1, 0.15) is 41.0 Å². The van der Waals surface area contributed by atoms with Gasteiger partial charge in [0.2, 0.25) is 0 Å². The van der Waals surface area contributed by atoms with Gasteiger partial charge < -0.3 is 15.4 Å². The van der Waals surface area contributed by atoms with E-state index in [2.05, 4.69) is 25.7 Å². The number of carbonyl (C=O) groups is 1. The molecule has 1 atom stereocenters. The van der Waals surface area contributed by atoms with Gasteiger partial charge in [-0.05, 0) is 32.7 Å². The topological polar surface area (TPSA) is 55.6 Å². The Labute approximate surface area is 105 Å². The second-order valence-corrected chi connectivity index (χ2v) is 5.18. The second kappa shape index (κ2) is 7.67. The molecule has 4 heteroatoms. The highest BCUT2D eigenvalue weighted by atomic mass is 16.5. The summed E-state index contributed by atoms with van der Waals surface area (Å²) in [7, 11) is 0. The fraction of sp³-hybridized carbons (Fsp3) is 0.923. The van der Waals surface area contributed by atoms with E-state index >= 15 is 0 Å². The number of nitrogens with zero attached hydrogens (tertiary/aromatic N) is 1. The number of hydrogen-bond acceptors (Lipinski definition) is 4. The molecule has 0 saturated carbocycles. The summed E-state index contributed by atoms with van der Waals surface area (Å²) < 4.78 is 4.97. The molecule has 4 nitrogen and oxygen atoms in total. The van der Waals surface area contributed by atoms with Gasteiger partial charge in [0.05, 0.1) is 6.61 Å². The first-order chi connectivity index (χ1) is 7.83. The van der Waals surface area contributed by atoms with Crippen LogP contribution in [0.2, 0.25) is 0 Å². The van der Waals surface area contributed by atoms with Gasteiger partial charge in [-0.25, -0.2) is 0 Å². The first kappa shape index (κ1) is 16.4. The van der Waals surface area contributed by atoms with Gasteiger partial charge >= 0.3 is 5.97 Å². The van der Waals surface area contributed by atoms with E-state index in [1.54, 1.807) is 13.8 Å². The summed E-state index contributed by atoms with van der Waals surface area (Å²) in [5, 5.41) is 0. The van der Waals surface area contributed by atoms with Crippen molar-refractivity contribution in [2.24, 2.45) is 11.7 Å². The van der Waals surface area contributed by atoms with Crippen molar-refractivity contribution in [1.29, 1.82) is 0 Å². The largest absolute Gasteiger partial charge is 0.465 e. The fourth-order valence-electron chi connectivity index (χ4n) is 1.68. The van der Waals surface area contributed by atoms with Gasteiger partial charge in [-0.2, -0.15) is 0 Å². The minimum atomic E-state index is -0.875. The summed E-state index contributed by atoms with van der Waals surface area (Å²) in [5.74, 6) is 0.321. The first-order valence-corrected chi connectivity index (χ1v) is 6.51. The molecule has 0 aromatic heterocycles.